The van der Waals surface area contributed by atoms with Gasteiger partial charge in [0.15, 0.2) is 0 Å². The Hall–Kier alpha value is -4.89. The lowest BCUT2D eigenvalue weighted by Gasteiger charge is -2.22. The van der Waals surface area contributed by atoms with Crippen molar-refractivity contribution in [1.82, 2.24) is 49.9 Å². The van der Waals surface area contributed by atoms with Crippen molar-refractivity contribution in [2.75, 3.05) is 26.2 Å². The lowest BCUT2D eigenvalue weighted by Crippen LogP contribution is -2.40. The molecule has 2 N–H and O–H groups in total. The van der Waals surface area contributed by atoms with Gasteiger partial charge in [-0.3, -0.25) is 9.59 Å². The molecule has 0 radical (unpaired) electrons. The molecule has 4 bridgehead atoms. The Balaban J connectivity index is 1.15. The Bertz CT molecular complexity index is 1520. The van der Waals surface area contributed by atoms with Gasteiger partial charge in [0, 0.05) is 13.1 Å². The molecule has 2 aromatic rings. The van der Waals surface area contributed by atoms with Crippen LogP contribution in [0.15, 0.2) is 24.5 Å². The minimum absolute atomic E-state index is 0.0254. The highest BCUT2D eigenvalue weighted by Crippen LogP contribution is 2.30. The number of nitrogens with zero attached hydrogens (tertiary/aromatic N) is 10. The van der Waals surface area contributed by atoms with Gasteiger partial charge < -0.3 is 20.0 Å². The van der Waals surface area contributed by atoms with Gasteiger partial charge in [0.1, 0.15) is 12.1 Å². The molecule has 20 nitrogen and oxygen atoms in total. The van der Waals surface area contributed by atoms with Crippen LogP contribution >= 0.6 is 0 Å². The quantitative estimate of drug-likeness (QED) is 0.299. The molecule has 4 aliphatic heterocycles. The van der Waals surface area contributed by atoms with E-state index >= 15 is 0 Å². The van der Waals surface area contributed by atoms with Crippen LogP contribution in [0.25, 0.3) is 11.4 Å². The van der Waals surface area contributed by atoms with Gasteiger partial charge in [0.25, 0.3) is 0 Å². The molecule has 2 saturated heterocycles. The van der Waals surface area contributed by atoms with Crippen molar-refractivity contribution in [1.29, 1.82) is 0 Å². The van der Waals surface area contributed by atoms with Crippen molar-refractivity contribution < 1.29 is 46.4 Å². The van der Waals surface area contributed by atoms with E-state index < -0.39 is 46.5 Å². The van der Waals surface area contributed by atoms with Crippen LogP contribution in [-0.4, -0.2) is 131 Å². The molecule has 21 heteroatoms. The van der Waals surface area contributed by atoms with E-state index in [0.29, 0.717) is 21.5 Å². The van der Waals surface area contributed by atoms with E-state index in [1.807, 2.05) is 0 Å². The number of urea groups is 2. The van der Waals surface area contributed by atoms with Gasteiger partial charge in [-0.1, -0.05) is 10.4 Å². The van der Waals surface area contributed by atoms with Gasteiger partial charge in [-0.05, 0) is 12.2 Å². The van der Waals surface area contributed by atoms with Crippen molar-refractivity contribution in [2.24, 2.45) is 0 Å². The van der Waals surface area contributed by atoms with Crippen molar-refractivity contribution in [3.05, 3.63) is 35.9 Å². The number of carboxylic acids is 2. The lowest BCUT2D eigenvalue weighted by molar-refractivity contribution is -0.137. The summed E-state index contributed by atoms with van der Waals surface area (Å²) in [5.74, 6) is -2.18. The van der Waals surface area contributed by atoms with Gasteiger partial charge in [0.05, 0.1) is 61.1 Å². The number of carbonyl (C=O) groups excluding carboxylic acids is 2. The van der Waals surface area contributed by atoms with E-state index in [1.54, 1.807) is 0 Å². The number of fused-ring (bicyclic) bond motifs is 4. The Morgan fingerprint density at radius 1 is 0.805 bits per heavy atom. The van der Waals surface area contributed by atoms with Crippen molar-refractivity contribution in [3.8, 4) is 0 Å². The van der Waals surface area contributed by atoms with E-state index in [4.69, 9.17) is 18.8 Å². The second-order valence-corrected chi connectivity index (χ2v) is 10.6. The molecular formula is C20H20N10O10S. The summed E-state index contributed by atoms with van der Waals surface area (Å²) in [6, 6.07) is -3.29. The summed E-state index contributed by atoms with van der Waals surface area (Å²) in [6.45, 7) is 0.248. The van der Waals surface area contributed by atoms with Crippen molar-refractivity contribution in [3.63, 3.8) is 0 Å². The lowest BCUT2D eigenvalue weighted by atomic mass is 10.2. The highest BCUT2D eigenvalue weighted by atomic mass is 32.3. The van der Waals surface area contributed by atoms with Crippen LogP contribution in [0.1, 0.15) is 11.4 Å². The Morgan fingerprint density at radius 2 is 1.22 bits per heavy atom. The molecule has 6 heterocycles. The third-order valence-electron chi connectivity index (χ3n) is 6.49. The second kappa shape index (κ2) is 9.64. The largest absolute Gasteiger partial charge is 0.481 e. The van der Waals surface area contributed by atoms with E-state index in [9.17, 15) is 27.6 Å². The van der Waals surface area contributed by atoms with E-state index in [0.717, 1.165) is 0 Å². The van der Waals surface area contributed by atoms with Gasteiger partial charge >= 0.3 is 34.4 Å². The minimum atomic E-state index is -4.98. The van der Waals surface area contributed by atoms with Crippen LogP contribution in [0.3, 0.4) is 0 Å². The first kappa shape index (κ1) is 26.3. The van der Waals surface area contributed by atoms with Gasteiger partial charge in [-0.15, -0.1) is 18.8 Å². The summed E-state index contributed by atoms with van der Waals surface area (Å²) in [5.41, 5.74) is 1.27. The van der Waals surface area contributed by atoms with E-state index in [-0.39, 0.29) is 50.4 Å². The first-order valence-electron chi connectivity index (χ1n) is 11.9. The fourth-order valence-electron chi connectivity index (χ4n) is 4.80. The zero-order chi connectivity index (χ0) is 29.1. The molecule has 0 aliphatic carbocycles. The number of aromatic nitrogens is 6. The number of rotatable bonds is 10. The average molecular weight is 593 g/mol. The highest BCUT2D eigenvalue weighted by molar-refractivity contribution is 7.81. The molecule has 2 fully saturated rings. The normalized spacial score (nSPS) is 22.0. The number of carbonyl (C=O) groups is 4. The number of hydrogen-bond acceptors (Lipinski definition) is 12. The summed E-state index contributed by atoms with van der Waals surface area (Å²) >= 11 is 0. The van der Waals surface area contributed by atoms with Crippen LogP contribution in [-0.2, 0) is 41.4 Å². The molecule has 2 unspecified atom stereocenters. The summed E-state index contributed by atoms with van der Waals surface area (Å²) in [6.07, 6.45) is 5.14. The van der Waals surface area contributed by atoms with E-state index in [2.05, 4.69) is 20.6 Å². The van der Waals surface area contributed by atoms with Crippen LogP contribution < -0.4 is 0 Å². The van der Waals surface area contributed by atoms with Crippen LogP contribution in [0.5, 0.6) is 0 Å². The minimum Gasteiger partial charge on any atom is -0.481 e. The molecule has 6 rings (SSSR count). The number of carboxylic acid groups (broad SMARTS) is 2. The van der Waals surface area contributed by atoms with Gasteiger partial charge in [0.2, 0.25) is 0 Å². The Kier molecular flexibility index (Phi) is 6.19. The standard InChI is InChI=1S/C20H20N10O10S/c31-17(32)1-11-5-27(23-21-11)13-3-15-9-25(7-13)19(35)29(15)39-41(37,38)40-30-16-4-14(8-26(10-16)20(30)36)28-6-12(22-24-28)2-18(33)34/h3-6,15-16H,1-2,7-10H2,(H,31,32)(H,33,34). The average Bonchev–Trinajstić information content (AvgIpc) is 3.65. The van der Waals surface area contributed by atoms with Crippen LogP contribution in [0.2, 0.25) is 0 Å². The van der Waals surface area contributed by atoms with E-state index in [1.165, 1.54) is 43.7 Å². The number of amides is 4. The zero-order valence-corrected chi connectivity index (χ0v) is 21.6. The molecule has 2 atom stereocenters. The number of hydroxylamine groups is 4. The fourth-order valence-corrected chi connectivity index (χ4v) is 5.57. The Morgan fingerprint density at radius 3 is 1.61 bits per heavy atom. The third-order valence-corrected chi connectivity index (χ3v) is 7.18. The molecule has 216 valence electrons. The first-order valence-corrected chi connectivity index (χ1v) is 13.3. The predicted molar refractivity (Wildman–Crippen MR) is 128 cm³/mol. The summed E-state index contributed by atoms with van der Waals surface area (Å²) in [5, 5.41) is 34.3. The monoisotopic (exact) mass is 592 g/mol. The fraction of sp³-hybridized carbons (Fsp3) is 0.400. The smallest absolute Gasteiger partial charge is 0.442 e. The van der Waals surface area contributed by atoms with Crippen molar-refractivity contribution >= 4 is 45.8 Å². The maximum atomic E-state index is 12.8. The summed E-state index contributed by atoms with van der Waals surface area (Å²) < 4.78 is 38.3. The molecule has 41 heavy (non-hydrogen) atoms. The van der Waals surface area contributed by atoms with Crippen molar-refractivity contribution in [2.45, 2.75) is 24.9 Å². The molecule has 2 aromatic heterocycles. The zero-order valence-electron chi connectivity index (χ0n) is 20.7. The second-order valence-electron chi connectivity index (χ2n) is 9.44. The summed E-state index contributed by atoms with van der Waals surface area (Å²) in [7, 11) is -4.98. The predicted octanol–water partition coefficient (Wildman–Crippen LogP) is -2.15. The first-order chi connectivity index (χ1) is 19.5. The molecule has 4 amide bonds. The molecule has 0 saturated carbocycles. The molecular weight excluding hydrogens is 572 g/mol. The van der Waals surface area contributed by atoms with Crippen LogP contribution in [0.4, 0.5) is 9.59 Å². The topological polar surface area (TPSA) is 236 Å². The highest BCUT2D eigenvalue weighted by Gasteiger charge is 2.47. The molecule has 4 aliphatic rings. The maximum Gasteiger partial charge on any atom is 0.442 e. The Labute approximate surface area is 229 Å². The van der Waals surface area contributed by atoms with Crippen LogP contribution in [0, 0.1) is 0 Å². The molecule has 0 aromatic carbocycles. The van der Waals surface area contributed by atoms with Gasteiger partial charge in [-0.25, -0.2) is 19.0 Å². The SMILES string of the molecule is O=C(O)Cc1cn(C2=CC3CN(C2)C(=O)N3OS(=O)(=O)ON2C(=O)N3CC(n4cc(CC(=O)O)nn4)=CC2C3)nn1. The maximum absolute atomic E-state index is 12.8. The third kappa shape index (κ3) is 5.07. The van der Waals surface area contributed by atoms with Gasteiger partial charge in [-0.2, -0.15) is 18.5 Å². The summed E-state index contributed by atoms with van der Waals surface area (Å²) in [4.78, 5) is 50.1. The molecule has 0 spiro atoms. The number of hydrogen-bond donors (Lipinski definition) is 2. The number of aliphatic carboxylic acids is 2.